The fraction of sp³-hybridized carbons (Fsp3) is 0.348. The van der Waals surface area contributed by atoms with Gasteiger partial charge in [-0.15, -0.1) is 0 Å². The minimum absolute atomic E-state index is 0.0256. The molecule has 0 saturated carbocycles. The van der Waals surface area contributed by atoms with Gasteiger partial charge in [0.15, 0.2) is 11.5 Å². The Morgan fingerprint density at radius 3 is 2.93 bits per heavy atom. The number of hydrogen-bond donors (Lipinski definition) is 3. The highest BCUT2D eigenvalue weighted by molar-refractivity contribution is 5.95. The summed E-state index contributed by atoms with van der Waals surface area (Å²) in [6, 6.07) is 11.4. The van der Waals surface area contributed by atoms with E-state index < -0.39 is 0 Å². The second-order valence-electron chi connectivity index (χ2n) is 7.43. The van der Waals surface area contributed by atoms with Crippen molar-refractivity contribution in [1.29, 1.82) is 0 Å². The fourth-order valence-corrected chi connectivity index (χ4v) is 4.34. The highest BCUT2D eigenvalue weighted by atomic mass is 16.5. The molecule has 4 rings (SSSR count). The quantitative estimate of drug-likeness (QED) is 0.676. The van der Waals surface area contributed by atoms with Crippen molar-refractivity contribution in [1.82, 2.24) is 5.32 Å². The van der Waals surface area contributed by atoms with Crippen molar-refractivity contribution in [2.24, 2.45) is 5.92 Å². The Kier molecular flexibility index (Phi) is 4.99. The molecular formula is C23H26N2O3. The lowest BCUT2D eigenvalue weighted by Crippen LogP contribution is -2.30. The topological polar surface area (TPSA) is 70.6 Å². The zero-order chi connectivity index (χ0) is 19.7. The number of fused-ring (bicyclic) bond motifs is 3. The monoisotopic (exact) mass is 378 g/mol. The number of allylic oxidation sites excluding steroid dienone is 2. The smallest absolute Gasteiger partial charge is 0.251 e. The van der Waals surface area contributed by atoms with Crippen LogP contribution in [0.5, 0.6) is 11.5 Å². The van der Waals surface area contributed by atoms with Crippen LogP contribution in [0.3, 0.4) is 0 Å². The number of rotatable bonds is 5. The van der Waals surface area contributed by atoms with Crippen molar-refractivity contribution in [3.63, 3.8) is 0 Å². The van der Waals surface area contributed by atoms with Crippen LogP contribution in [0.1, 0.15) is 53.2 Å². The van der Waals surface area contributed by atoms with Gasteiger partial charge in [0.1, 0.15) is 0 Å². The van der Waals surface area contributed by atoms with Gasteiger partial charge in [0.05, 0.1) is 13.2 Å². The molecule has 0 spiro atoms. The Hall–Kier alpha value is -2.95. The Morgan fingerprint density at radius 2 is 2.14 bits per heavy atom. The number of amides is 1. The summed E-state index contributed by atoms with van der Waals surface area (Å²) in [5.74, 6) is 1.13. The number of carbonyl (C=O) groups is 1. The number of phenolic OH excluding ortho intramolecular Hbond substituents is 1. The number of nitrogens with one attached hydrogen (secondary N) is 2. The average Bonchev–Trinajstić information content (AvgIpc) is 3.21. The molecule has 0 bridgehead atoms. The number of benzene rings is 2. The van der Waals surface area contributed by atoms with Crippen molar-refractivity contribution in [3.8, 4) is 11.5 Å². The Bertz CT molecular complexity index is 922. The first-order valence-electron chi connectivity index (χ1n) is 9.85. The molecule has 146 valence electrons. The molecule has 0 aromatic heterocycles. The van der Waals surface area contributed by atoms with E-state index in [1.54, 1.807) is 13.2 Å². The van der Waals surface area contributed by atoms with Gasteiger partial charge in [-0.2, -0.15) is 0 Å². The van der Waals surface area contributed by atoms with Crippen LogP contribution in [0, 0.1) is 5.92 Å². The van der Waals surface area contributed by atoms with Gasteiger partial charge >= 0.3 is 0 Å². The highest BCUT2D eigenvalue weighted by Gasteiger charge is 2.39. The van der Waals surface area contributed by atoms with E-state index >= 15 is 0 Å². The van der Waals surface area contributed by atoms with E-state index in [1.165, 1.54) is 0 Å². The lowest BCUT2D eigenvalue weighted by Gasteiger charge is -2.38. The predicted octanol–water partition coefficient (Wildman–Crippen LogP) is 4.37. The van der Waals surface area contributed by atoms with Gasteiger partial charge < -0.3 is 20.5 Å². The van der Waals surface area contributed by atoms with Crippen LogP contribution in [0.4, 0.5) is 5.69 Å². The molecule has 1 aliphatic carbocycles. The summed E-state index contributed by atoms with van der Waals surface area (Å²) in [6.45, 7) is 2.72. The number of methoxy groups -OCH3 is 1. The molecule has 1 heterocycles. The van der Waals surface area contributed by atoms with Gasteiger partial charge in [0, 0.05) is 29.3 Å². The summed E-state index contributed by atoms with van der Waals surface area (Å²) in [7, 11) is 1.56. The van der Waals surface area contributed by atoms with E-state index in [2.05, 4.69) is 22.8 Å². The molecule has 1 amide bonds. The molecule has 0 saturated heterocycles. The van der Waals surface area contributed by atoms with Crippen molar-refractivity contribution in [2.45, 2.75) is 31.7 Å². The normalized spacial score (nSPS) is 22.1. The predicted molar refractivity (Wildman–Crippen MR) is 110 cm³/mol. The van der Waals surface area contributed by atoms with E-state index in [1.807, 2.05) is 37.3 Å². The third kappa shape index (κ3) is 3.11. The number of aromatic hydroxyl groups is 1. The first kappa shape index (κ1) is 18.4. The molecule has 1 aliphatic heterocycles. The number of ether oxygens (including phenoxy) is 1. The van der Waals surface area contributed by atoms with Gasteiger partial charge in [-0.1, -0.05) is 31.2 Å². The van der Waals surface area contributed by atoms with Crippen molar-refractivity contribution in [3.05, 3.63) is 65.2 Å². The molecule has 3 N–H and O–H groups in total. The van der Waals surface area contributed by atoms with Gasteiger partial charge in [-0.3, -0.25) is 4.79 Å². The lowest BCUT2D eigenvalue weighted by atomic mass is 9.76. The number of phenols is 1. The van der Waals surface area contributed by atoms with Crippen molar-refractivity contribution in [2.75, 3.05) is 19.0 Å². The van der Waals surface area contributed by atoms with Crippen molar-refractivity contribution >= 4 is 11.6 Å². The summed E-state index contributed by atoms with van der Waals surface area (Å²) in [5.41, 5.74) is 3.68. The molecule has 28 heavy (non-hydrogen) atoms. The van der Waals surface area contributed by atoms with E-state index in [4.69, 9.17) is 4.74 Å². The van der Waals surface area contributed by atoms with Crippen LogP contribution in [-0.4, -0.2) is 24.7 Å². The van der Waals surface area contributed by atoms with E-state index in [0.29, 0.717) is 17.9 Å². The lowest BCUT2D eigenvalue weighted by molar-refractivity contribution is 0.0953. The summed E-state index contributed by atoms with van der Waals surface area (Å²) in [5, 5.41) is 17.2. The molecule has 3 unspecified atom stereocenters. The summed E-state index contributed by atoms with van der Waals surface area (Å²) < 4.78 is 5.29. The van der Waals surface area contributed by atoms with Crippen LogP contribution in [-0.2, 0) is 0 Å². The first-order valence-corrected chi connectivity index (χ1v) is 9.85. The molecule has 2 aromatic rings. The molecule has 2 aromatic carbocycles. The minimum Gasteiger partial charge on any atom is -0.504 e. The number of anilines is 1. The molecule has 5 heteroatoms. The standard InChI is InChI=1S/C23H26N2O3/c1-3-12-24-23(27)14-10-11-19-18(13-14)15-6-4-7-16(15)21(25-19)17-8-5-9-20(28-2)22(17)26/h4-6,8-11,13,15-16,21,25-26H,3,7,12H2,1-2H3,(H,24,27). The maximum Gasteiger partial charge on any atom is 0.251 e. The summed E-state index contributed by atoms with van der Waals surface area (Å²) in [4.78, 5) is 12.4. The number of carbonyl (C=O) groups excluding carboxylic acids is 1. The van der Waals surface area contributed by atoms with Gasteiger partial charge in [-0.05, 0) is 48.6 Å². The summed E-state index contributed by atoms with van der Waals surface area (Å²) >= 11 is 0. The highest BCUT2D eigenvalue weighted by Crippen LogP contribution is 2.52. The van der Waals surface area contributed by atoms with Gasteiger partial charge in [0.2, 0.25) is 0 Å². The number of hydrogen-bond acceptors (Lipinski definition) is 4. The van der Waals surface area contributed by atoms with Crippen LogP contribution >= 0.6 is 0 Å². The van der Waals surface area contributed by atoms with E-state index in [9.17, 15) is 9.90 Å². The third-order valence-electron chi connectivity index (χ3n) is 5.75. The molecule has 3 atom stereocenters. The van der Waals surface area contributed by atoms with Crippen molar-refractivity contribution < 1.29 is 14.6 Å². The zero-order valence-corrected chi connectivity index (χ0v) is 16.2. The second kappa shape index (κ2) is 7.58. The largest absolute Gasteiger partial charge is 0.504 e. The fourth-order valence-electron chi connectivity index (χ4n) is 4.34. The van der Waals surface area contributed by atoms with Crippen LogP contribution in [0.15, 0.2) is 48.6 Å². The molecule has 0 fully saturated rings. The minimum atomic E-state index is -0.0317. The first-order chi connectivity index (χ1) is 13.6. The average molecular weight is 378 g/mol. The maximum atomic E-state index is 12.4. The molecule has 2 aliphatic rings. The van der Waals surface area contributed by atoms with Crippen LogP contribution in [0.25, 0.3) is 0 Å². The summed E-state index contributed by atoms with van der Waals surface area (Å²) in [6.07, 6.45) is 6.25. The molecule has 5 nitrogen and oxygen atoms in total. The van der Waals surface area contributed by atoms with E-state index in [0.717, 1.165) is 29.7 Å². The van der Waals surface area contributed by atoms with E-state index in [-0.39, 0.29) is 29.5 Å². The second-order valence-corrected chi connectivity index (χ2v) is 7.43. The Balaban J connectivity index is 1.70. The SMILES string of the molecule is CCCNC(=O)c1ccc2c(c1)C1C=CCC1C(c1cccc(OC)c1O)N2. The van der Waals surface area contributed by atoms with Crippen LogP contribution in [0.2, 0.25) is 0 Å². The third-order valence-corrected chi connectivity index (χ3v) is 5.75. The van der Waals surface area contributed by atoms with Gasteiger partial charge in [-0.25, -0.2) is 0 Å². The maximum absolute atomic E-state index is 12.4. The number of para-hydroxylation sites is 1. The Morgan fingerprint density at radius 1 is 1.29 bits per heavy atom. The zero-order valence-electron chi connectivity index (χ0n) is 16.2. The van der Waals surface area contributed by atoms with Crippen LogP contribution < -0.4 is 15.4 Å². The molecular weight excluding hydrogens is 352 g/mol. The molecule has 0 radical (unpaired) electrons. The Labute approximate surface area is 165 Å². The van der Waals surface area contributed by atoms with Gasteiger partial charge in [0.25, 0.3) is 5.91 Å².